The molecule has 0 saturated carbocycles. The predicted octanol–water partition coefficient (Wildman–Crippen LogP) is 2.04. The minimum atomic E-state index is -0.455. The number of furan rings is 1. The Hall–Kier alpha value is -1.78. The zero-order valence-electron chi connectivity index (χ0n) is 8.56. The number of ether oxygens (including phenoxy) is 1. The number of methoxy groups -OCH3 is 1. The quantitative estimate of drug-likeness (QED) is 0.566. The average molecular weight is 203 g/mol. The number of fused-ring (bicyclic) bond motifs is 1. The number of nitroso groups, excluding NO2 is 1. The van der Waals surface area contributed by atoms with E-state index in [0.29, 0.717) is 5.66 Å². The molecular weight excluding hydrogens is 193 g/mol. The number of rotatable bonds is 3. The molecule has 2 aromatic rings. The molecule has 0 amide bonds. The van der Waals surface area contributed by atoms with Crippen molar-refractivity contribution in [1.82, 2.24) is 0 Å². The van der Waals surface area contributed by atoms with Gasteiger partial charge in [0, 0.05) is 5.39 Å². The SMILES string of the molecule is COc1ccc2oc(B(C)N=O)cc2c1. The summed E-state index contributed by atoms with van der Waals surface area (Å²) in [7, 11) is 1.61. The van der Waals surface area contributed by atoms with Crippen LogP contribution < -0.4 is 10.4 Å². The maximum atomic E-state index is 10.4. The number of benzene rings is 1. The Bertz CT molecular complexity index is 494. The van der Waals surface area contributed by atoms with E-state index in [2.05, 4.69) is 5.09 Å². The topological polar surface area (TPSA) is 51.8 Å². The normalized spacial score (nSPS) is 10.3. The Labute approximate surface area is 87.3 Å². The molecule has 0 fully saturated rings. The van der Waals surface area contributed by atoms with E-state index in [9.17, 15) is 4.91 Å². The molecule has 0 N–H and O–H groups in total. The molecule has 15 heavy (non-hydrogen) atoms. The van der Waals surface area contributed by atoms with Crippen molar-refractivity contribution in [2.75, 3.05) is 7.11 Å². The fraction of sp³-hybridized carbons (Fsp3) is 0.200. The van der Waals surface area contributed by atoms with Gasteiger partial charge in [0.1, 0.15) is 11.3 Å². The van der Waals surface area contributed by atoms with Crippen molar-refractivity contribution in [2.24, 2.45) is 5.09 Å². The second-order valence-corrected chi connectivity index (χ2v) is 3.33. The summed E-state index contributed by atoms with van der Waals surface area (Å²) in [6.45, 7) is 1.24. The molecule has 0 radical (unpaired) electrons. The molecule has 0 saturated heterocycles. The van der Waals surface area contributed by atoms with Crippen molar-refractivity contribution in [3.8, 4) is 5.75 Å². The molecule has 0 spiro atoms. The van der Waals surface area contributed by atoms with E-state index in [4.69, 9.17) is 9.15 Å². The maximum Gasteiger partial charge on any atom is 0.406 e. The minimum absolute atomic E-state index is 0.455. The van der Waals surface area contributed by atoms with Crippen LogP contribution in [0.3, 0.4) is 0 Å². The lowest BCUT2D eigenvalue weighted by Gasteiger charge is -1.96. The molecule has 0 aliphatic heterocycles. The Balaban J connectivity index is 2.50. The number of nitrogens with zero attached hydrogens (tertiary/aromatic N) is 1. The third kappa shape index (κ3) is 1.72. The third-order valence-electron chi connectivity index (χ3n) is 2.31. The summed E-state index contributed by atoms with van der Waals surface area (Å²) in [5, 5.41) is 3.84. The van der Waals surface area contributed by atoms with Crippen LogP contribution in [0.25, 0.3) is 11.0 Å². The van der Waals surface area contributed by atoms with E-state index in [1.165, 1.54) is 0 Å². The summed E-state index contributed by atoms with van der Waals surface area (Å²) in [5.74, 6) is 0.765. The zero-order valence-corrected chi connectivity index (χ0v) is 8.56. The molecular formula is C10H10BNO3. The molecule has 0 aliphatic carbocycles. The first-order chi connectivity index (χ1) is 7.24. The number of hydrogen-bond acceptors (Lipinski definition) is 4. The van der Waals surface area contributed by atoms with Crippen LogP contribution in [0.1, 0.15) is 0 Å². The highest BCUT2D eigenvalue weighted by molar-refractivity contribution is 6.69. The van der Waals surface area contributed by atoms with Crippen LogP contribution in [0.2, 0.25) is 6.82 Å². The lowest BCUT2D eigenvalue weighted by Crippen LogP contribution is -2.21. The highest BCUT2D eigenvalue weighted by Crippen LogP contribution is 2.20. The van der Waals surface area contributed by atoms with Gasteiger partial charge in [0.2, 0.25) is 0 Å². The van der Waals surface area contributed by atoms with E-state index in [1.54, 1.807) is 13.9 Å². The monoisotopic (exact) mass is 203 g/mol. The van der Waals surface area contributed by atoms with Gasteiger partial charge in [-0.3, -0.25) is 0 Å². The van der Waals surface area contributed by atoms with Crippen LogP contribution in [-0.2, 0) is 0 Å². The van der Waals surface area contributed by atoms with E-state index in [0.717, 1.165) is 16.7 Å². The summed E-state index contributed by atoms with van der Waals surface area (Å²) in [5.41, 5.74) is 1.31. The van der Waals surface area contributed by atoms with Gasteiger partial charge < -0.3 is 9.15 Å². The van der Waals surface area contributed by atoms with Crippen molar-refractivity contribution in [3.05, 3.63) is 29.2 Å². The Morgan fingerprint density at radius 2 is 2.20 bits per heavy atom. The molecule has 1 aromatic carbocycles. The van der Waals surface area contributed by atoms with Gasteiger partial charge in [-0.2, -0.15) is 4.91 Å². The van der Waals surface area contributed by atoms with Gasteiger partial charge in [0.25, 0.3) is 0 Å². The highest BCUT2D eigenvalue weighted by Gasteiger charge is 2.17. The lowest BCUT2D eigenvalue weighted by molar-refractivity contribution is 0.415. The second kappa shape index (κ2) is 3.77. The zero-order chi connectivity index (χ0) is 10.8. The average Bonchev–Trinajstić information content (AvgIpc) is 2.70. The molecule has 1 aromatic heterocycles. The van der Waals surface area contributed by atoms with Crippen LogP contribution in [0.15, 0.2) is 33.8 Å². The van der Waals surface area contributed by atoms with E-state index >= 15 is 0 Å². The van der Waals surface area contributed by atoms with Crippen molar-refractivity contribution in [3.63, 3.8) is 0 Å². The Kier molecular flexibility index (Phi) is 2.45. The van der Waals surface area contributed by atoms with Gasteiger partial charge in [-0.1, -0.05) is 6.82 Å². The fourth-order valence-electron chi connectivity index (χ4n) is 1.43. The van der Waals surface area contributed by atoms with Crippen molar-refractivity contribution >= 4 is 23.5 Å². The van der Waals surface area contributed by atoms with Crippen molar-refractivity contribution < 1.29 is 9.15 Å². The van der Waals surface area contributed by atoms with Gasteiger partial charge >= 0.3 is 6.85 Å². The van der Waals surface area contributed by atoms with Crippen LogP contribution in [0, 0.1) is 4.91 Å². The van der Waals surface area contributed by atoms with Gasteiger partial charge in [-0.25, -0.2) is 0 Å². The van der Waals surface area contributed by atoms with Crippen LogP contribution in [0.4, 0.5) is 0 Å². The summed E-state index contributed by atoms with van der Waals surface area (Å²) < 4.78 is 10.6. The Morgan fingerprint density at radius 1 is 1.40 bits per heavy atom. The van der Waals surface area contributed by atoms with E-state index in [-0.39, 0.29) is 0 Å². The third-order valence-corrected chi connectivity index (χ3v) is 2.31. The molecule has 2 rings (SSSR count). The maximum absolute atomic E-state index is 10.4. The summed E-state index contributed by atoms with van der Waals surface area (Å²) in [6.07, 6.45) is 0. The standard InChI is InChI=1S/C10H10BNO3/c1-11(12-13)10-6-7-5-8(14-2)3-4-9(7)15-10/h3-6H,1-2H3. The fourth-order valence-corrected chi connectivity index (χ4v) is 1.43. The van der Waals surface area contributed by atoms with Gasteiger partial charge in [-0.05, 0) is 24.3 Å². The first-order valence-electron chi connectivity index (χ1n) is 4.64. The van der Waals surface area contributed by atoms with Gasteiger partial charge in [0.05, 0.1) is 12.8 Å². The van der Waals surface area contributed by atoms with E-state index < -0.39 is 6.85 Å². The first kappa shape index (κ1) is 9.77. The van der Waals surface area contributed by atoms with Crippen LogP contribution >= 0.6 is 0 Å². The molecule has 5 heteroatoms. The van der Waals surface area contributed by atoms with E-state index in [1.807, 2.05) is 24.3 Å². The lowest BCUT2D eigenvalue weighted by atomic mass is 9.64. The largest absolute Gasteiger partial charge is 0.497 e. The van der Waals surface area contributed by atoms with Crippen LogP contribution in [0.5, 0.6) is 5.75 Å². The molecule has 0 atom stereocenters. The smallest absolute Gasteiger partial charge is 0.406 e. The summed E-state index contributed by atoms with van der Waals surface area (Å²) in [4.78, 5) is 10.4. The summed E-state index contributed by atoms with van der Waals surface area (Å²) in [6, 6.07) is 7.30. The molecule has 0 aliphatic rings. The second-order valence-electron chi connectivity index (χ2n) is 3.33. The molecule has 0 unspecified atom stereocenters. The molecule has 0 bridgehead atoms. The Morgan fingerprint density at radius 3 is 2.87 bits per heavy atom. The predicted molar refractivity (Wildman–Crippen MR) is 59.8 cm³/mol. The first-order valence-corrected chi connectivity index (χ1v) is 4.64. The van der Waals surface area contributed by atoms with Crippen molar-refractivity contribution in [1.29, 1.82) is 0 Å². The minimum Gasteiger partial charge on any atom is -0.497 e. The molecule has 4 nitrogen and oxygen atoms in total. The molecule has 1 heterocycles. The summed E-state index contributed by atoms with van der Waals surface area (Å²) >= 11 is 0. The van der Waals surface area contributed by atoms with Crippen molar-refractivity contribution in [2.45, 2.75) is 6.82 Å². The van der Waals surface area contributed by atoms with Gasteiger partial charge in [-0.15, -0.1) is 5.09 Å². The number of hydrogen-bond donors (Lipinski definition) is 0. The molecule has 76 valence electrons. The highest BCUT2D eigenvalue weighted by atomic mass is 16.5. The van der Waals surface area contributed by atoms with Gasteiger partial charge in [0.15, 0.2) is 0 Å². The van der Waals surface area contributed by atoms with Crippen LogP contribution in [-0.4, -0.2) is 14.0 Å².